The normalized spacial score (nSPS) is 23.8. The quantitative estimate of drug-likeness (QED) is 0.793. The molecular weight excluding hydrogens is 369 g/mol. The third kappa shape index (κ3) is 6.73. The third-order valence-electron chi connectivity index (χ3n) is 5.62. The van der Waals surface area contributed by atoms with Crippen LogP contribution in [0.3, 0.4) is 0 Å². The molecule has 6 heteroatoms. The zero-order chi connectivity index (χ0) is 16.9. The van der Waals surface area contributed by atoms with E-state index in [1.54, 1.807) is 0 Å². The molecule has 0 radical (unpaired) electrons. The molecule has 0 spiro atoms. The lowest BCUT2D eigenvalue weighted by atomic mass is 9.99. The van der Waals surface area contributed by atoms with Crippen LogP contribution in [0.25, 0.3) is 0 Å². The first kappa shape index (κ1) is 23.2. The summed E-state index contributed by atoms with van der Waals surface area (Å²) < 4.78 is 0. The fraction of sp³-hybridized carbons (Fsp3) is 0.650. The smallest absolute Gasteiger partial charge is 0.223 e. The first-order chi connectivity index (χ1) is 11.6. The number of benzene rings is 1. The number of nitrogens with two attached hydrogens (primary N) is 1. The maximum atomic E-state index is 12.1. The third-order valence-corrected chi connectivity index (χ3v) is 5.62. The Labute approximate surface area is 170 Å². The van der Waals surface area contributed by atoms with Crippen LogP contribution in [0.2, 0.25) is 0 Å². The molecule has 1 saturated heterocycles. The van der Waals surface area contributed by atoms with Gasteiger partial charge >= 0.3 is 0 Å². The predicted molar refractivity (Wildman–Crippen MR) is 112 cm³/mol. The van der Waals surface area contributed by atoms with Crippen molar-refractivity contribution >= 4 is 30.7 Å². The van der Waals surface area contributed by atoms with Gasteiger partial charge in [-0.2, -0.15) is 0 Å². The molecule has 1 heterocycles. The van der Waals surface area contributed by atoms with Gasteiger partial charge in [0.25, 0.3) is 0 Å². The average molecular weight is 402 g/mol. The fourth-order valence-corrected chi connectivity index (χ4v) is 3.83. The minimum Gasteiger partial charge on any atom is -0.352 e. The Balaban J connectivity index is 0.00000169. The van der Waals surface area contributed by atoms with Crippen molar-refractivity contribution in [2.24, 2.45) is 17.6 Å². The van der Waals surface area contributed by atoms with Crippen molar-refractivity contribution in [2.45, 2.75) is 58.2 Å². The van der Waals surface area contributed by atoms with E-state index in [0.717, 1.165) is 31.7 Å². The number of halogens is 2. The van der Waals surface area contributed by atoms with Gasteiger partial charge in [0, 0.05) is 25.0 Å². The van der Waals surface area contributed by atoms with Gasteiger partial charge in [0.15, 0.2) is 0 Å². The number of hydrogen-bond acceptors (Lipinski definition) is 3. The highest BCUT2D eigenvalue weighted by Crippen LogP contribution is 2.24. The van der Waals surface area contributed by atoms with Gasteiger partial charge in [-0.15, -0.1) is 24.8 Å². The second-order valence-corrected chi connectivity index (χ2v) is 7.76. The topological polar surface area (TPSA) is 58.4 Å². The second-order valence-electron chi connectivity index (χ2n) is 7.76. The van der Waals surface area contributed by atoms with Crippen molar-refractivity contribution in [1.29, 1.82) is 0 Å². The number of hydrogen-bond donors (Lipinski definition) is 2. The van der Waals surface area contributed by atoms with Gasteiger partial charge in [0.05, 0.1) is 0 Å². The van der Waals surface area contributed by atoms with Crippen molar-refractivity contribution in [3.05, 3.63) is 35.4 Å². The van der Waals surface area contributed by atoms with Gasteiger partial charge in [-0.3, -0.25) is 9.69 Å². The lowest BCUT2D eigenvalue weighted by Crippen LogP contribution is -2.32. The van der Waals surface area contributed by atoms with Crippen LogP contribution in [0, 0.1) is 11.8 Å². The van der Waals surface area contributed by atoms with Crippen LogP contribution in [0.1, 0.15) is 50.2 Å². The molecule has 0 aromatic heterocycles. The van der Waals surface area contributed by atoms with Gasteiger partial charge in [0.1, 0.15) is 0 Å². The number of carbonyl (C=O) groups is 1. The highest BCUT2D eigenvalue weighted by molar-refractivity contribution is 5.85. The first-order valence-electron chi connectivity index (χ1n) is 9.43. The van der Waals surface area contributed by atoms with E-state index < -0.39 is 0 Å². The van der Waals surface area contributed by atoms with Crippen LogP contribution >= 0.6 is 24.8 Å². The minimum absolute atomic E-state index is 0. The van der Waals surface area contributed by atoms with Crippen LogP contribution in [-0.4, -0.2) is 29.9 Å². The van der Waals surface area contributed by atoms with Crippen LogP contribution in [0.4, 0.5) is 0 Å². The Bertz CT molecular complexity index is 544. The summed E-state index contributed by atoms with van der Waals surface area (Å²) in [4.78, 5) is 14.7. The van der Waals surface area contributed by atoms with Crippen molar-refractivity contribution in [3.8, 4) is 0 Å². The molecule has 3 rings (SSSR count). The summed E-state index contributed by atoms with van der Waals surface area (Å²) in [6, 6.07) is 8.89. The molecule has 2 atom stereocenters. The second kappa shape index (κ2) is 11.1. The van der Waals surface area contributed by atoms with E-state index >= 15 is 0 Å². The van der Waals surface area contributed by atoms with Crippen LogP contribution < -0.4 is 11.1 Å². The number of amides is 1. The van der Waals surface area contributed by atoms with E-state index in [-0.39, 0.29) is 42.7 Å². The molecule has 26 heavy (non-hydrogen) atoms. The lowest BCUT2D eigenvalue weighted by molar-refractivity contribution is -0.125. The summed E-state index contributed by atoms with van der Waals surface area (Å²) in [6.07, 6.45) is 5.37. The highest BCUT2D eigenvalue weighted by atomic mass is 35.5. The first-order valence-corrected chi connectivity index (χ1v) is 9.43. The number of nitrogens with one attached hydrogen (secondary N) is 1. The molecule has 2 unspecified atom stereocenters. The largest absolute Gasteiger partial charge is 0.352 e. The van der Waals surface area contributed by atoms with Gasteiger partial charge in [-0.25, -0.2) is 0 Å². The lowest BCUT2D eigenvalue weighted by Gasteiger charge is -2.30. The van der Waals surface area contributed by atoms with Crippen molar-refractivity contribution in [2.75, 3.05) is 13.1 Å². The molecule has 1 aliphatic carbocycles. The van der Waals surface area contributed by atoms with E-state index in [1.807, 2.05) is 0 Å². The molecule has 1 amide bonds. The summed E-state index contributed by atoms with van der Waals surface area (Å²) >= 11 is 0. The predicted octanol–water partition coefficient (Wildman–Crippen LogP) is 3.51. The molecule has 1 saturated carbocycles. The number of nitrogens with zero attached hydrogens (tertiary/aromatic N) is 1. The van der Waals surface area contributed by atoms with Crippen molar-refractivity contribution in [3.63, 3.8) is 0 Å². The molecule has 2 fully saturated rings. The average Bonchev–Trinajstić information content (AvgIpc) is 3.03. The van der Waals surface area contributed by atoms with E-state index in [1.165, 1.54) is 37.1 Å². The maximum Gasteiger partial charge on any atom is 0.223 e. The Morgan fingerprint density at radius 2 is 1.69 bits per heavy atom. The van der Waals surface area contributed by atoms with Gasteiger partial charge < -0.3 is 11.1 Å². The number of rotatable bonds is 5. The fourth-order valence-electron chi connectivity index (χ4n) is 3.83. The molecule has 1 aromatic carbocycles. The summed E-state index contributed by atoms with van der Waals surface area (Å²) in [5, 5.41) is 3.06. The zero-order valence-corrected chi connectivity index (χ0v) is 17.3. The van der Waals surface area contributed by atoms with Gasteiger partial charge in [0.2, 0.25) is 5.91 Å². The monoisotopic (exact) mass is 401 g/mol. The van der Waals surface area contributed by atoms with E-state index in [2.05, 4.69) is 41.4 Å². The van der Waals surface area contributed by atoms with E-state index in [0.29, 0.717) is 6.54 Å². The maximum absolute atomic E-state index is 12.1. The van der Waals surface area contributed by atoms with Crippen LogP contribution in [-0.2, 0) is 17.9 Å². The summed E-state index contributed by atoms with van der Waals surface area (Å²) in [5.74, 6) is 1.15. The van der Waals surface area contributed by atoms with E-state index in [9.17, 15) is 4.79 Å². The molecule has 0 bridgehead atoms. The summed E-state index contributed by atoms with van der Waals surface area (Å²) in [5.41, 5.74) is 8.42. The molecule has 148 valence electrons. The van der Waals surface area contributed by atoms with Crippen molar-refractivity contribution in [1.82, 2.24) is 10.2 Å². The zero-order valence-electron chi connectivity index (χ0n) is 15.7. The number of likely N-dealkylation sites (tertiary alicyclic amines) is 1. The molecule has 1 aromatic rings. The van der Waals surface area contributed by atoms with Crippen LogP contribution in [0.5, 0.6) is 0 Å². The summed E-state index contributed by atoms with van der Waals surface area (Å²) in [7, 11) is 0. The number of piperidine rings is 1. The van der Waals surface area contributed by atoms with Crippen molar-refractivity contribution < 1.29 is 4.79 Å². The Morgan fingerprint density at radius 3 is 2.27 bits per heavy atom. The Morgan fingerprint density at radius 1 is 1.08 bits per heavy atom. The summed E-state index contributed by atoms with van der Waals surface area (Å²) in [6.45, 7) is 6.43. The molecular formula is C20H33Cl2N3O. The Kier molecular flexibility index (Phi) is 9.94. The number of carbonyl (C=O) groups excluding carboxylic acids is 1. The Hall–Kier alpha value is -0.810. The highest BCUT2D eigenvalue weighted by Gasteiger charge is 2.27. The molecule has 3 N–H and O–H groups in total. The van der Waals surface area contributed by atoms with Gasteiger partial charge in [-0.1, -0.05) is 31.2 Å². The van der Waals surface area contributed by atoms with Crippen LogP contribution in [0.15, 0.2) is 24.3 Å². The van der Waals surface area contributed by atoms with Gasteiger partial charge in [-0.05, 0) is 62.2 Å². The molecule has 2 aliphatic rings. The standard InChI is InChI=1S/C20H31N3O.2ClH/c1-15-8-10-23(11-9-15)14-17-4-2-16(3-5-17)13-22-20(24)18-6-7-19(21)12-18;;/h2-5,15,18-19H,6-14,21H2,1H3,(H,22,24);2*1H. The molecule has 1 aliphatic heterocycles. The SMILES string of the molecule is CC1CCN(Cc2ccc(CNC(=O)C3CCC(N)C3)cc2)CC1.Cl.Cl. The minimum atomic E-state index is 0. The van der Waals surface area contributed by atoms with E-state index in [4.69, 9.17) is 5.73 Å². The molecule has 4 nitrogen and oxygen atoms in total.